The van der Waals surface area contributed by atoms with E-state index in [0.717, 1.165) is 24.0 Å². The Balaban J connectivity index is 1.82. The number of ketones is 1. The highest BCUT2D eigenvalue weighted by Crippen LogP contribution is 2.30. The van der Waals surface area contributed by atoms with Crippen molar-refractivity contribution < 1.29 is 33.4 Å². The summed E-state index contributed by atoms with van der Waals surface area (Å²) >= 11 is 0. The number of hydrogen-bond donors (Lipinski definition) is 4. The summed E-state index contributed by atoms with van der Waals surface area (Å²) in [6.45, 7) is 15.1. The molecule has 1 aliphatic carbocycles. The van der Waals surface area contributed by atoms with Crippen LogP contribution in [0.5, 0.6) is 0 Å². The third-order valence-corrected chi connectivity index (χ3v) is 8.55. The van der Waals surface area contributed by atoms with Gasteiger partial charge in [0.1, 0.15) is 29.3 Å². The number of amides is 4. The summed E-state index contributed by atoms with van der Waals surface area (Å²) in [4.78, 5) is 67.8. The molecule has 0 bridgehead atoms. The highest BCUT2D eigenvalue weighted by molar-refractivity contribution is 5.98. The second-order valence-electron chi connectivity index (χ2n) is 15.5. The Morgan fingerprint density at radius 3 is 1.94 bits per heavy atom. The Morgan fingerprint density at radius 2 is 1.38 bits per heavy atom. The van der Waals surface area contributed by atoms with Gasteiger partial charge in [-0.1, -0.05) is 81.8 Å². The second-order valence-corrected chi connectivity index (χ2v) is 15.5. The van der Waals surface area contributed by atoms with Crippen LogP contribution in [0.15, 0.2) is 54.1 Å². The Bertz CT molecular complexity index is 1390. The first kappa shape index (κ1) is 40.4. The monoisotopic (exact) mass is 694 g/mol. The molecule has 0 spiro atoms. The fourth-order valence-electron chi connectivity index (χ4n) is 5.81. The number of carbonyl (C=O) groups excluding carboxylic acids is 5. The summed E-state index contributed by atoms with van der Waals surface area (Å²) in [6, 6.07) is 5.85. The molecule has 1 aromatic carbocycles. The van der Waals surface area contributed by atoms with E-state index in [1.807, 2.05) is 76.3 Å². The first-order valence-electron chi connectivity index (χ1n) is 17.9. The van der Waals surface area contributed by atoms with Crippen molar-refractivity contribution in [3.8, 4) is 0 Å². The van der Waals surface area contributed by atoms with Crippen molar-refractivity contribution in [1.29, 1.82) is 0 Å². The zero-order chi connectivity index (χ0) is 37.1. The number of nitrogens with one attached hydrogen (secondary N) is 4. The summed E-state index contributed by atoms with van der Waals surface area (Å²) in [5.41, 5.74) is 0.291. The average Bonchev–Trinajstić information content (AvgIpc) is 3.79. The summed E-state index contributed by atoms with van der Waals surface area (Å²) in [7, 11) is 0. The molecule has 1 aromatic rings. The number of carbonyl (C=O) groups is 5. The molecule has 0 aromatic heterocycles. The molecule has 50 heavy (non-hydrogen) atoms. The first-order chi connectivity index (χ1) is 23.5. The van der Waals surface area contributed by atoms with Crippen molar-refractivity contribution in [3.63, 3.8) is 0 Å². The van der Waals surface area contributed by atoms with Gasteiger partial charge in [0.2, 0.25) is 17.7 Å². The normalized spacial score (nSPS) is 19.4. The zero-order valence-electron chi connectivity index (χ0n) is 31.1. The molecule has 11 nitrogen and oxygen atoms in total. The van der Waals surface area contributed by atoms with Crippen LogP contribution >= 0.6 is 0 Å². The highest BCUT2D eigenvalue weighted by atomic mass is 16.6. The second kappa shape index (κ2) is 18.3. The van der Waals surface area contributed by atoms with E-state index < -0.39 is 59.2 Å². The number of alkyl carbamates (subject to hydrolysis) is 1. The zero-order valence-corrected chi connectivity index (χ0v) is 31.1. The van der Waals surface area contributed by atoms with Crippen LogP contribution in [0.25, 0.3) is 0 Å². The fourth-order valence-corrected chi connectivity index (χ4v) is 5.81. The van der Waals surface area contributed by atoms with Gasteiger partial charge in [-0.3, -0.25) is 19.2 Å². The minimum atomic E-state index is -0.996. The fraction of sp³-hybridized carbons (Fsp3) is 0.615. The number of hydrogen-bond acceptors (Lipinski definition) is 7. The van der Waals surface area contributed by atoms with Crippen LogP contribution < -0.4 is 21.3 Å². The van der Waals surface area contributed by atoms with Crippen molar-refractivity contribution in [3.05, 3.63) is 59.7 Å². The largest absolute Gasteiger partial charge is 0.444 e. The molecular weight excluding hydrogens is 636 g/mol. The van der Waals surface area contributed by atoms with E-state index in [4.69, 9.17) is 9.47 Å². The highest BCUT2D eigenvalue weighted by Gasteiger charge is 2.50. The smallest absolute Gasteiger partial charge is 0.408 e. The molecule has 4 amide bonds. The van der Waals surface area contributed by atoms with Crippen molar-refractivity contribution in [2.45, 2.75) is 136 Å². The number of Topliss-reactive ketones (excluding diaryl/α,β-unsaturated/α-hetero) is 1. The Labute approximate surface area is 297 Å². The molecule has 2 aliphatic rings. The number of epoxide rings is 1. The predicted octanol–water partition coefficient (Wildman–Crippen LogP) is 5.08. The standard InChI is InChI=1S/C39H58N4O7/c1-25(2)21-30(33(44)39(8)24-49-39)40-36(47)32(23-28-17-13-10-14-18-28)42-35(46)31(22-26(3)4)41-34(45)29(43-37(48)50-38(5,6)7)20-19-27-15-11-9-12-16-27/h9-13,15-17,25-26,29-32H,14,18-24H2,1-8H3,(H,40,47)(H,41,45)(H,42,46)(H,43,48)/t29-,30-,31-,32-,39+/m0/s1. The van der Waals surface area contributed by atoms with Crippen molar-refractivity contribution >= 4 is 29.6 Å². The minimum absolute atomic E-state index is 0.0124. The van der Waals surface area contributed by atoms with E-state index in [1.165, 1.54) is 0 Å². The van der Waals surface area contributed by atoms with Crippen LogP contribution in [0.1, 0.15) is 99.5 Å². The molecule has 276 valence electrons. The first-order valence-corrected chi connectivity index (χ1v) is 17.9. The SMILES string of the molecule is CC(C)C[C@H](NC(=O)[C@H](CCc1ccccc1)NC(=O)OC(C)(C)C)C(=O)N[C@@H](CC1=CC=CCC1)C(=O)N[C@@H](CC(C)C)C(=O)[C@@]1(C)CO1. The summed E-state index contributed by atoms with van der Waals surface area (Å²) in [6.07, 6.45) is 8.47. The van der Waals surface area contributed by atoms with Gasteiger partial charge in [-0.2, -0.15) is 0 Å². The minimum Gasteiger partial charge on any atom is -0.444 e. The van der Waals surface area contributed by atoms with Crippen molar-refractivity contribution in [1.82, 2.24) is 21.3 Å². The number of benzene rings is 1. The average molecular weight is 695 g/mol. The lowest BCUT2D eigenvalue weighted by Gasteiger charge is -2.29. The Kier molecular flexibility index (Phi) is 14.8. The molecule has 3 rings (SSSR count). The van der Waals surface area contributed by atoms with Gasteiger partial charge in [-0.05, 0) is 90.0 Å². The van der Waals surface area contributed by atoms with Gasteiger partial charge in [0.25, 0.3) is 0 Å². The van der Waals surface area contributed by atoms with E-state index in [0.29, 0.717) is 25.9 Å². The summed E-state index contributed by atoms with van der Waals surface area (Å²) < 4.78 is 10.8. The molecule has 1 saturated heterocycles. The van der Waals surface area contributed by atoms with E-state index in [9.17, 15) is 24.0 Å². The van der Waals surface area contributed by atoms with E-state index >= 15 is 0 Å². The van der Waals surface area contributed by atoms with Gasteiger partial charge < -0.3 is 30.7 Å². The maximum absolute atomic E-state index is 14.0. The van der Waals surface area contributed by atoms with Gasteiger partial charge in [0.15, 0.2) is 5.78 Å². The third-order valence-electron chi connectivity index (χ3n) is 8.55. The van der Waals surface area contributed by atoms with Gasteiger partial charge in [0.05, 0.1) is 12.6 Å². The molecular formula is C39H58N4O7. The molecule has 5 atom stereocenters. The molecule has 0 radical (unpaired) electrons. The van der Waals surface area contributed by atoms with Crippen LogP contribution in [0, 0.1) is 11.8 Å². The van der Waals surface area contributed by atoms with E-state index in [2.05, 4.69) is 21.3 Å². The number of ether oxygens (including phenoxy) is 2. The molecule has 4 N–H and O–H groups in total. The Hall–Kier alpha value is -3.99. The maximum atomic E-state index is 14.0. The van der Waals surface area contributed by atoms with Crippen LogP contribution in [0.2, 0.25) is 0 Å². The molecule has 1 aliphatic heterocycles. The number of allylic oxidation sites excluding steroid dienone is 3. The van der Waals surface area contributed by atoms with Crippen LogP contribution in [0.4, 0.5) is 4.79 Å². The lowest BCUT2D eigenvalue weighted by molar-refractivity contribution is -0.134. The number of rotatable bonds is 18. The quantitative estimate of drug-likeness (QED) is 0.156. The van der Waals surface area contributed by atoms with Gasteiger partial charge >= 0.3 is 6.09 Å². The lowest BCUT2D eigenvalue weighted by Crippen LogP contribution is -2.58. The third kappa shape index (κ3) is 13.7. The van der Waals surface area contributed by atoms with Crippen LogP contribution in [-0.4, -0.2) is 71.6 Å². The molecule has 1 fully saturated rings. The lowest BCUT2D eigenvalue weighted by atomic mass is 9.92. The van der Waals surface area contributed by atoms with Gasteiger partial charge in [-0.15, -0.1) is 0 Å². The van der Waals surface area contributed by atoms with Crippen LogP contribution in [0.3, 0.4) is 0 Å². The van der Waals surface area contributed by atoms with Crippen molar-refractivity contribution in [2.24, 2.45) is 11.8 Å². The van der Waals surface area contributed by atoms with Gasteiger partial charge in [0, 0.05) is 0 Å². The molecule has 0 unspecified atom stereocenters. The maximum Gasteiger partial charge on any atom is 0.408 e. The van der Waals surface area contributed by atoms with Gasteiger partial charge in [-0.25, -0.2) is 4.79 Å². The predicted molar refractivity (Wildman–Crippen MR) is 193 cm³/mol. The van der Waals surface area contributed by atoms with Crippen molar-refractivity contribution in [2.75, 3.05) is 6.61 Å². The molecule has 0 saturated carbocycles. The van der Waals surface area contributed by atoms with E-state index in [-0.39, 0.29) is 30.5 Å². The van der Waals surface area contributed by atoms with Crippen LogP contribution in [-0.2, 0) is 35.1 Å². The Morgan fingerprint density at radius 1 is 0.820 bits per heavy atom. The summed E-state index contributed by atoms with van der Waals surface area (Å²) in [5, 5.41) is 11.4. The summed E-state index contributed by atoms with van der Waals surface area (Å²) in [5.74, 6) is -1.58. The topological polar surface area (TPSA) is 155 Å². The van der Waals surface area contributed by atoms with E-state index in [1.54, 1.807) is 27.7 Å². The molecule has 1 heterocycles. The number of aryl methyl sites for hydroxylation is 1. The molecule has 11 heteroatoms.